The van der Waals surface area contributed by atoms with Crippen LogP contribution in [0.25, 0.3) is 0 Å². The maximum atomic E-state index is 11.9. The molecule has 0 saturated heterocycles. The van der Waals surface area contributed by atoms with E-state index < -0.39 is 0 Å². The molecule has 1 aliphatic rings. The lowest BCUT2D eigenvalue weighted by atomic mass is 9.83. The van der Waals surface area contributed by atoms with E-state index in [-0.39, 0.29) is 6.03 Å². The zero-order valence-electron chi connectivity index (χ0n) is 13.5. The van der Waals surface area contributed by atoms with Gasteiger partial charge in [-0.05, 0) is 62.5 Å². The summed E-state index contributed by atoms with van der Waals surface area (Å²) in [5, 5.41) is 9.10. The summed E-state index contributed by atoms with van der Waals surface area (Å²) in [7, 11) is 4.24. The predicted octanol–water partition coefficient (Wildman–Crippen LogP) is 2.99. The van der Waals surface area contributed by atoms with Gasteiger partial charge in [-0.2, -0.15) is 0 Å². The fourth-order valence-electron chi connectivity index (χ4n) is 3.14. The fourth-order valence-corrected chi connectivity index (χ4v) is 3.14. The van der Waals surface area contributed by atoms with Crippen molar-refractivity contribution in [2.75, 3.05) is 31.3 Å². The molecule has 2 N–H and O–H groups in total. The number of anilines is 2. The van der Waals surface area contributed by atoms with E-state index in [0.29, 0.717) is 11.7 Å². The molecule has 0 aliphatic heterocycles. The Morgan fingerprint density at radius 2 is 2.17 bits per heavy atom. The number of aromatic nitrogens is 1. The van der Waals surface area contributed by atoms with Gasteiger partial charge in [-0.25, -0.2) is 4.79 Å². The molecule has 2 amide bonds. The Kier molecular flexibility index (Phi) is 4.62. The van der Waals surface area contributed by atoms with Crippen molar-refractivity contribution in [3.8, 4) is 0 Å². The zero-order valence-corrected chi connectivity index (χ0v) is 13.5. The van der Waals surface area contributed by atoms with Crippen LogP contribution in [-0.4, -0.2) is 36.7 Å². The van der Waals surface area contributed by atoms with Crippen LogP contribution in [0.4, 0.5) is 16.3 Å². The van der Waals surface area contributed by atoms with Crippen LogP contribution < -0.4 is 10.6 Å². The average Bonchev–Trinajstić information content (AvgIpc) is 2.99. The van der Waals surface area contributed by atoms with Gasteiger partial charge in [0, 0.05) is 18.3 Å². The van der Waals surface area contributed by atoms with E-state index in [1.807, 2.05) is 6.07 Å². The summed E-state index contributed by atoms with van der Waals surface area (Å²) in [6.45, 7) is 1.12. The highest BCUT2D eigenvalue weighted by Crippen LogP contribution is 2.28. The van der Waals surface area contributed by atoms with E-state index >= 15 is 0 Å². The molecule has 0 bridgehead atoms. The number of nitrogens with zero attached hydrogens (tertiary/aromatic N) is 2. The maximum absolute atomic E-state index is 11.9. The molecule has 0 fully saturated rings. The molecule has 6 nitrogen and oxygen atoms in total. The number of carbonyl (C=O) groups excluding carboxylic acids is 1. The lowest BCUT2D eigenvalue weighted by molar-refractivity contribution is 0.262. The lowest BCUT2D eigenvalue weighted by Gasteiger charge is -2.27. The minimum Gasteiger partial charge on any atom is -0.363 e. The highest BCUT2D eigenvalue weighted by atomic mass is 16.5. The minimum atomic E-state index is -0.319. The number of aryl methyl sites for hydroxylation is 1. The normalized spacial score (nSPS) is 16.9. The molecule has 23 heavy (non-hydrogen) atoms. The third kappa shape index (κ3) is 4.10. The van der Waals surface area contributed by atoms with Crippen molar-refractivity contribution in [1.82, 2.24) is 10.1 Å². The van der Waals surface area contributed by atoms with Crippen LogP contribution in [0.15, 0.2) is 35.1 Å². The van der Waals surface area contributed by atoms with Crippen molar-refractivity contribution in [3.05, 3.63) is 41.7 Å². The van der Waals surface area contributed by atoms with Gasteiger partial charge >= 0.3 is 6.03 Å². The Balaban J connectivity index is 1.62. The van der Waals surface area contributed by atoms with Gasteiger partial charge in [0.15, 0.2) is 5.82 Å². The van der Waals surface area contributed by atoms with Crippen molar-refractivity contribution >= 4 is 17.5 Å². The standard InChI is InChI=1S/C17H22N4O2/c1-21(2)11-12-3-4-14-10-15(6-5-13(14)9-12)18-17(22)19-16-7-8-23-20-16/h5-8,10,12H,3-4,9,11H2,1-2H3,(H2,18,19,20,22). The third-order valence-corrected chi connectivity index (χ3v) is 4.10. The van der Waals surface area contributed by atoms with E-state index in [1.54, 1.807) is 6.07 Å². The molecular weight excluding hydrogens is 292 g/mol. The summed E-state index contributed by atoms with van der Waals surface area (Å²) in [6, 6.07) is 7.43. The van der Waals surface area contributed by atoms with Crippen molar-refractivity contribution in [3.63, 3.8) is 0 Å². The molecule has 122 valence electrons. The fraction of sp³-hybridized carbons (Fsp3) is 0.412. The zero-order chi connectivity index (χ0) is 16.2. The second-order valence-electron chi connectivity index (χ2n) is 6.32. The molecule has 1 heterocycles. The molecule has 3 rings (SSSR count). The van der Waals surface area contributed by atoms with Gasteiger partial charge in [0.25, 0.3) is 0 Å². The third-order valence-electron chi connectivity index (χ3n) is 4.10. The molecule has 0 saturated carbocycles. The van der Waals surface area contributed by atoms with Gasteiger partial charge in [-0.1, -0.05) is 11.2 Å². The van der Waals surface area contributed by atoms with Gasteiger partial charge in [0.1, 0.15) is 6.26 Å². The number of hydrogen-bond donors (Lipinski definition) is 2. The van der Waals surface area contributed by atoms with Crippen molar-refractivity contribution in [2.24, 2.45) is 5.92 Å². The molecule has 0 spiro atoms. The molecular formula is C17H22N4O2. The highest BCUT2D eigenvalue weighted by molar-refractivity contribution is 5.99. The van der Waals surface area contributed by atoms with E-state index in [1.165, 1.54) is 23.8 Å². The van der Waals surface area contributed by atoms with Crippen LogP contribution in [-0.2, 0) is 12.8 Å². The summed E-state index contributed by atoms with van der Waals surface area (Å²) in [5.74, 6) is 1.11. The molecule has 6 heteroatoms. The number of benzene rings is 1. The predicted molar refractivity (Wildman–Crippen MR) is 89.7 cm³/mol. The van der Waals surface area contributed by atoms with Gasteiger partial charge in [0.05, 0.1) is 0 Å². The van der Waals surface area contributed by atoms with Crippen LogP contribution in [0.3, 0.4) is 0 Å². The number of fused-ring (bicyclic) bond motifs is 1. The topological polar surface area (TPSA) is 70.4 Å². The summed E-state index contributed by atoms with van der Waals surface area (Å²) in [4.78, 5) is 14.2. The minimum absolute atomic E-state index is 0.319. The number of urea groups is 1. The molecule has 1 aromatic carbocycles. The lowest BCUT2D eigenvalue weighted by Crippen LogP contribution is -2.26. The SMILES string of the molecule is CN(C)CC1CCc2cc(NC(=O)Nc3ccon3)ccc2C1. The number of amides is 2. The smallest absolute Gasteiger partial charge is 0.324 e. The second kappa shape index (κ2) is 6.83. The van der Waals surface area contributed by atoms with Crippen molar-refractivity contribution in [2.45, 2.75) is 19.3 Å². The molecule has 1 unspecified atom stereocenters. The highest BCUT2D eigenvalue weighted by Gasteiger charge is 2.19. The van der Waals surface area contributed by atoms with Gasteiger partial charge in [0.2, 0.25) is 0 Å². The first-order valence-electron chi connectivity index (χ1n) is 7.85. The van der Waals surface area contributed by atoms with Crippen LogP contribution >= 0.6 is 0 Å². The van der Waals surface area contributed by atoms with E-state index in [0.717, 1.165) is 25.1 Å². The van der Waals surface area contributed by atoms with Crippen molar-refractivity contribution in [1.29, 1.82) is 0 Å². The first kappa shape index (κ1) is 15.6. The van der Waals surface area contributed by atoms with Crippen molar-refractivity contribution < 1.29 is 9.32 Å². The van der Waals surface area contributed by atoms with Gasteiger partial charge < -0.3 is 14.7 Å². The number of hydrogen-bond acceptors (Lipinski definition) is 4. The first-order valence-corrected chi connectivity index (χ1v) is 7.85. The Morgan fingerprint density at radius 1 is 1.30 bits per heavy atom. The first-order chi connectivity index (χ1) is 11.1. The number of carbonyl (C=O) groups is 1. The summed E-state index contributed by atoms with van der Waals surface area (Å²) >= 11 is 0. The Bertz CT molecular complexity index is 667. The van der Waals surface area contributed by atoms with E-state index in [2.05, 4.69) is 51.4 Å². The largest absolute Gasteiger partial charge is 0.363 e. The Hall–Kier alpha value is -2.34. The maximum Gasteiger partial charge on any atom is 0.324 e. The van der Waals surface area contributed by atoms with Gasteiger partial charge in [-0.3, -0.25) is 5.32 Å². The Labute approximate surface area is 135 Å². The van der Waals surface area contributed by atoms with Crippen LogP contribution in [0.2, 0.25) is 0 Å². The van der Waals surface area contributed by atoms with E-state index in [4.69, 9.17) is 0 Å². The van der Waals surface area contributed by atoms with Gasteiger partial charge in [-0.15, -0.1) is 0 Å². The molecule has 1 atom stereocenters. The number of rotatable bonds is 4. The average molecular weight is 314 g/mol. The quantitative estimate of drug-likeness (QED) is 0.910. The van der Waals surface area contributed by atoms with Crippen LogP contribution in [0.5, 0.6) is 0 Å². The monoisotopic (exact) mass is 314 g/mol. The Morgan fingerprint density at radius 3 is 2.91 bits per heavy atom. The summed E-state index contributed by atoms with van der Waals surface area (Å²) in [6.07, 6.45) is 4.78. The molecule has 2 aromatic rings. The summed E-state index contributed by atoms with van der Waals surface area (Å²) in [5.41, 5.74) is 3.53. The summed E-state index contributed by atoms with van der Waals surface area (Å²) < 4.78 is 4.68. The molecule has 0 radical (unpaired) electrons. The molecule has 1 aliphatic carbocycles. The second-order valence-corrected chi connectivity index (χ2v) is 6.32. The molecule has 1 aromatic heterocycles. The van der Waals surface area contributed by atoms with Crippen LogP contribution in [0, 0.1) is 5.92 Å². The van der Waals surface area contributed by atoms with Crippen LogP contribution in [0.1, 0.15) is 17.5 Å². The van der Waals surface area contributed by atoms with E-state index in [9.17, 15) is 4.79 Å². The number of nitrogens with one attached hydrogen (secondary N) is 2.